The lowest BCUT2D eigenvalue weighted by atomic mass is 10.2. The van der Waals surface area contributed by atoms with Crippen molar-refractivity contribution in [1.82, 2.24) is 4.90 Å². The van der Waals surface area contributed by atoms with Gasteiger partial charge >= 0.3 is 0 Å². The lowest BCUT2D eigenvalue weighted by molar-refractivity contribution is 0.421. The van der Waals surface area contributed by atoms with E-state index in [1.54, 1.807) is 0 Å². The molecule has 2 aromatic rings. The van der Waals surface area contributed by atoms with Crippen LogP contribution in [0.1, 0.15) is 11.1 Å². The fourth-order valence-corrected chi connectivity index (χ4v) is 3.99. The molecule has 0 aromatic heterocycles. The first kappa shape index (κ1) is 17.9. The molecule has 2 aromatic carbocycles. The molecule has 22 heavy (non-hydrogen) atoms. The highest BCUT2D eigenvalue weighted by molar-refractivity contribution is 8.26. The van der Waals surface area contributed by atoms with Gasteiger partial charge in [0, 0.05) is 13.1 Å². The van der Waals surface area contributed by atoms with Crippen LogP contribution < -0.4 is 0 Å². The van der Waals surface area contributed by atoms with E-state index in [1.165, 1.54) is 0 Å². The van der Waals surface area contributed by atoms with E-state index in [9.17, 15) is 0 Å². The first-order valence-electron chi connectivity index (χ1n) is 6.56. The highest BCUT2D eigenvalue weighted by Crippen LogP contribution is 2.40. The first-order valence-corrected chi connectivity index (χ1v) is 8.92. The summed E-state index contributed by atoms with van der Waals surface area (Å²) in [4.78, 5) is 2.03. The maximum Gasteiger partial charge on any atom is 0.244 e. The Hall–Kier alpha value is -0.450. The Labute approximate surface area is 155 Å². The van der Waals surface area contributed by atoms with Gasteiger partial charge in [0.1, 0.15) is 4.32 Å². The minimum absolute atomic E-state index is 0.563. The molecule has 0 aliphatic rings. The van der Waals surface area contributed by atoms with Gasteiger partial charge in [0.2, 0.25) is 3.12 Å². The van der Waals surface area contributed by atoms with Gasteiger partial charge in [-0.05, 0) is 22.9 Å². The molecule has 116 valence electrons. The summed E-state index contributed by atoms with van der Waals surface area (Å²) in [6.45, 7) is 1.34. The molecule has 1 nitrogen and oxygen atoms in total. The molecule has 2 rings (SSSR count). The van der Waals surface area contributed by atoms with Crippen molar-refractivity contribution in [2.24, 2.45) is 0 Å². The molecule has 6 heteroatoms. The van der Waals surface area contributed by atoms with Crippen LogP contribution >= 0.6 is 58.8 Å². The van der Waals surface area contributed by atoms with E-state index in [4.69, 9.17) is 47.0 Å². The maximum absolute atomic E-state index is 5.86. The molecule has 0 spiro atoms. The van der Waals surface area contributed by atoms with Crippen LogP contribution in [0.2, 0.25) is 0 Å². The second kappa shape index (κ2) is 8.42. The molecule has 0 atom stereocenters. The molecule has 0 saturated carbocycles. The molecule has 0 bridgehead atoms. The van der Waals surface area contributed by atoms with Crippen LogP contribution in [0.25, 0.3) is 0 Å². The number of hydrogen-bond donors (Lipinski definition) is 0. The van der Waals surface area contributed by atoms with Crippen LogP contribution in [0.5, 0.6) is 0 Å². The Balaban J connectivity index is 2.14. The summed E-state index contributed by atoms with van der Waals surface area (Å²) < 4.78 is -0.893. The van der Waals surface area contributed by atoms with Gasteiger partial charge in [-0.2, -0.15) is 0 Å². The lowest BCUT2D eigenvalue weighted by Crippen LogP contribution is -2.28. The summed E-state index contributed by atoms with van der Waals surface area (Å²) >= 11 is 24.1. The molecular formula is C16H14Cl3NS2. The number of benzene rings is 2. The maximum atomic E-state index is 5.86. The Morgan fingerprint density at radius 2 is 1.27 bits per heavy atom. The smallest absolute Gasteiger partial charge is 0.244 e. The van der Waals surface area contributed by atoms with E-state index < -0.39 is 3.12 Å². The third-order valence-corrected chi connectivity index (χ3v) is 4.76. The Morgan fingerprint density at radius 1 is 0.864 bits per heavy atom. The highest BCUT2D eigenvalue weighted by Gasteiger charge is 2.26. The monoisotopic (exact) mass is 389 g/mol. The van der Waals surface area contributed by atoms with Crippen molar-refractivity contribution >= 4 is 63.1 Å². The number of thioether (sulfide) groups is 1. The SMILES string of the molecule is S=C(SC(Cl)(Cl)Cl)N(Cc1ccccc1)Cc1ccccc1. The van der Waals surface area contributed by atoms with Crippen LogP contribution in [0.15, 0.2) is 60.7 Å². The summed E-state index contributed by atoms with van der Waals surface area (Å²) in [7, 11) is 0. The molecule has 0 aliphatic carbocycles. The second-order valence-corrected chi connectivity index (χ2v) is 9.44. The normalized spacial score (nSPS) is 11.2. The van der Waals surface area contributed by atoms with E-state index in [1.807, 2.05) is 41.3 Å². The number of alkyl halides is 3. The van der Waals surface area contributed by atoms with Gasteiger partial charge in [0.15, 0.2) is 0 Å². The minimum atomic E-state index is -1.46. The third-order valence-electron chi connectivity index (χ3n) is 2.89. The van der Waals surface area contributed by atoms with Crippen molar-refractivity contribution in [3.8, 4) is 0 Å². The number of halogens is 3. The highest BCUT2D eigenvalue weighted by atomic mass is 35.6. The summed E-state index contributed by atoms with van der Waals surface area (Å²) in [5, 5.41) is 0. The largest absolute Gasteiger partial charge is 0.349 e. The van der Waals surface area contributed by atoms with Gasteiger partial charge in [-0.1, -0.05) is 108 Å². The summed E-state index contributed by atoms with van der Waals surface area (Å²) in [6.07, 6.45) is 0. The van der Waals surface area contributed by atoms with E-state index in [0.717, 1.165) is 22.9 Å². The van der Waals surface area contributed by atoms with Crippen molar-refractivity contribution in [3.05, 3.63) is 71.8 Å². The topological polar surface area (TPSA) is 3.24 Å². The molecular weight excluding hydrogens is 377 g/mol. The predicted octanol–water partition coefficient (Wildman–Crippen LogP) is 6.03. The zero-order valence-electron chi connectivity index (χ0n) is 11.6. The van der Waals surface area contributed by atoms with E-state index >= 15 is 0 Å². The molecule has 0 N–H and O–H groups in total. The first-order chi connectivity index (χ1) is 10.4. The second-order valence-electron chi connectivity index (χ2n) is 4.64. The number of hydrogen-bond acceptors (Lipinski definition) is 2. The number of rotatable bonds is 4. The Bertz CT molecular complexity index is 558. The van der Waals surface area contributed by atoms with E-state index in [-0.39, 0.29) is 0 Å². The van der Waals surface area contributed by atoms with Crippen molar-refractivity contribution < 1.29 is 0 Å². The standard InChI is InChI=1S/C16H14Cl3NS2/c17-16(18,19)22-15(21)20(11-13-7-3-1-4-8-13)12-14-9-5-2-6-10-14/h1-10H,11-12H2. The average molecular weight is 391 g/mol. The van der Waals surface area contributed by atoms with Gasteiger partial charge in [0.05, 0.1) is 0 Å². The van der Waals surface area contributed by atoms with Crippen molar-refractivity contribution in [2.45, 2.75) is 16.2 Å². The van der Waals surface area contributed by atoms with E-state index in [2.05, 4.69) is 24.3 Å². The zero-order valence-corrected chi connectivity index (χ0v) is 15.5. The quantitative estimate of drug-likeness (QED) is 0.463. The number of thiocarbonyl (C=S) groups is 1. The predicted molar refractivity (Wildman–Crippen MR) is 103 cm³/mol. The Kier molecular flexibility index (Phi) is 6.85. The lowest BCUT2D eigenvalue weighted by Gasteiger charge is -2.26. The Morgan fingerprint density at radius 3 is 1.64 bits per heavy atom. The number of nitrogens with zero attached hydrogens (tertiary/aromatic N) is 1. The molecule has 0 fully saturated rings. The molecule has 0 aliphatic heterocycles. The van der Waals surface area contributed by atoms with Gasteiger partial charge in [-0.25, -0.2) is 0 Å². The van der Waals surface area contributed by atoms with Crippen LogP contribution in [-0.2, 0) is 13.1 Å². The molecule has 0 unspecified atom stereocenters. The van der Waals surface area contributed by atoms with Gasteiger partial charge in [-0.3, -0.25) is 0 Å². The summed E-state index contributed by atoms with van der Waals surface area (Å²) in [6, 6.07) is 20.2. The molecule has 0 saturated heterocycles. The summed E-state index contributed by atoms with van der Waals surface area (Å²) in [5.41, 5.74) is 2.32. The molecule has 0 heterocycles. The molecule has 0 radical (unpaired) electrons. The molecule has 0 amide bonds. The van der Waals surface area contributed by atoms with Crippen molar-refractivity contribution in [3.63, 3.8) is 0 Å². The van der Waals surface area contributed by atoms with Crippen LogP contribution in [-0.4, -0.2) is 12.3 Å². The average Bonchev–Trinajstić information content (AvgIpc) is 2.47. The van der Waals surface area contributed by atoms with Gasteiger partial charge < -0.3 is 4.90 Å². The zero-order chi connectivity index (χ0) is 16.0. The van der Waals surface area contributed by atoms with Crippen LogP contribution in [0.3, 0.4) is 0 Å². The van der Waals surface area contributed by atoms with Crippen molar-refractivity contribution in [2.75, 3.05) is 0 Å². The van der Waals surface area contributed by atoms with Gasteiger partial charge in [0.25, 0.3) is 0 Å². The van der Waals surface area contributed by atoms with Gasteiger partial charge in [-0.15, -0.1) is 0 Å². The third kappa shape index (κ3) is 6.35. The van der Waals surface area contributed by atoms with Crippen LogP contribution in [0.4, 0.5) is 0 Å². The fraction of sp³-hybridized carbons (Fsp3) is 0.188. The van der Waals surface area contributed by atoms with E-state index in [0.29, 0.717) is 17.4 Å². The fourth-order valence-electron chi connectivity index (χ4n) is 1.96. The summed E-state index contributed by atoms with van der Waals surface area (Å²) in [5.74, 6) is 0. The van der Waals surface area contributed by atoms with Crippen molar-refractivity contribution in [1.29, 1.82) is 0 Å². The van der Waals surface area contributed by atoms with Crippen LogP contribution in [0, 0.1) is 0 Å². The minimum Gasteiger partial charge on any atom is -0.349 e.